The first-order valence-corrected chi connectivity index (χ1v) is 9.48. The van der Waals surface area contributed by atoms with E-state index in [0.29, 0.717) is 13.2 Å². The molecule has 2 aromatic carbocycles. The number of aryl methyl sites for hydroxylation is 1. The molecule has 3 N–H and O–H groups in total. The molecule has 29 heavy (non-hydrogen) atoms. The van der Waals surface area contributed by atoms with Gasteiger partial charge in [-0.05, 0) is 29.2 Å². The molecule has 4 rings (SSSR count). The molecule has 0 aliphatic heterocycles. The number of benzene rings is 2. The Morgan fingerprint density at radius 3 is 2.45 bits per heavy atom. The first-order chi connectivity index (χ1) is 14.1. The number of ether oxygens (including phenoxy) is 1. The van der Waals surface area contributed by atoms with E-state index < -0.39 is 6.09 Å². The van der Waals surface area contributed by atoms with Gasteiger partial charge in [0.15, 0.2) is 0 Å². The van der Waals surface area contributed by atoms with E-state index in [-0.39, 0.29) is 11.9 Å². The zero-order valence-electron chi connectivity index (χ0n) is 16.1. The highest BCUT2D eigenvalue weighted by atomic mass is 16.5. The molecule has 1 aliphatic carbocycles. The van der Waals surface area contributed by atoms with Crippen molar-refractivity contribution in [3.8, 4) is 11.1 Å². The summed E-state index contributed by atoms with van der Waals surface area (Å²) in [5.41, 5.74) is 12.0. The van der Waals surface area contributed by atoms with Crippen molar-refractivity contribution in [3.63, 3.8) is 0 Å². The number of anilines is 1. The largest absolute Gasteiger partial charge is 0.449 e. The molecule has 6 nitrogen and oxygen atoms in total. The molecule has 0 bridgehead atoms. The molecule has 3 aromatic rings. The van der Waals surface area contributed by atoms with Gasteiger partial charge in [-0.1, -0.05) is 60.7 Å². The smallest absolute Gasteiger partial charge is 0.407 e. The van der Waals surface area contributed by atoms with Gasteiger partial charge in [-0.2, -0.15) is 0 Å². The molecule has 6 heteroatoms. The summed E-state index contributed by atoms with van der Waals surface area (Å²) in [6.45, 7) is 2.51. The van der Waals surface area contributed by atoms with Crippen molar-refractivity contribution in [1.29, 1.82) is 0 Å². The maximum atomic E-state index is 12.1. The van der Waals surface area contributed by atoms with Crippen molar-refractivity contribution in [1.82, 2.24) is 15.3 Å². The number of nitrogen functional groups attached to an aromatic ring is 1. The molecule has 0 radical (unpaired) electrons. The van der Waals surface area contributed by atoms with Gasteiger partial charge >= 0.3 is 6.09 Å². The number of hydrogen-bond acceptors (Lipinski definition) is 5. The number of nitrogens with zero attached hydrogens (tertiary/aromatic N) is 2. The SMILES string of the molecule is Cc1nc(N)ncc1C=CCNC(=O)OCC1c2ccccc2-c2ccccc21. The van der Waals surface area contributed by atoms with E-state index in [1.54, 1.807) is 6.20 Å². The Balaban J connectivity index is 1.34. The number of aromatic nitrogens is 2. The Bertz CT molecular complexity index is 1030. The molecule has 0 fully saturated rings. The first-order valence-electron chi connectivity index (χ1n) is 9.48. The van der Waals surface area contributed by atoms with Crippen molar-refractivity contribution < 1.29 is 9.53 Å². The maximum Gasteiger partial charge on any atom is 0.407 e. The number of hydrogen-bond donors (Lipinski definition) is 2. The molecule has 1 aromatic heterocycles. The molecule has 1 amide bonds. The lowest BCUT2D eigenvalue weighted by Crippen LogP contribution is -2.26. The summed E-state index contributed by atoms with van der Waals surface area (Å²) in [5, 5.41) is 2.74. The molecular weight excluding hydrogens is 364 g/mol. The predicted molar refractivity (Wildman–Crippen MR) is 113 cm³/mol. The summed E-state index contributed by atoms with van der Waals surface area (Å²) >= 11 is 0. The van der Waals surface area contributed by atoms with Gasteiger partial charge in [0.05, 0.1) is 5.69 Å². The van der Waals surface area contributed by atoms with Crippen molar-refractivity contribution in [2.75, 3.05) is 18.9 Å². The normalized spacial score (nSPS) is 12.6. The maximum absolute atomic E-state index is 12.1. The van der Waals surface area contributed by atoms with Crippen LogP contribution in [0.25, 0.3) is 17.2 Å². The highest BCUT2D eigenvalue weighted by Crippen LogP contribution is 2.44. The van der Waals surface area contributed by atoms with E-state index >= 15 is 0 Å². The fourth-order valence-corrected chi connectivity index (χ4v) is 3.64. The van der Waals surface area contributed by atoms with E-state index in [1.165, 1.54) is 22.3 Å². The molecule has 1 heterocycles. The minimum Gasteiger partial charge on any atom is -0.449 e. The van der Waals surface area contributed by atoms with E-state index in [1.807, 2.05) is 43.3 Å². The van der Waals surface area contributed by atoms with Gasteiger partial charge in [0, 0.05) is 24.2 Å². The average molecular weight is 386 g/mol. The van der Waals surface area contributed by atoms with Crippen molar-refractivity contribution in [2.24, 2.45) is 0 Å². The first kappa shape index (κ1) is 18.7. The van der Waals surface area contributed by atoms with E-state index in [2.05, 4.69) is 39.6 Å². The van der Waals surface area contributed by atoms with Gasteiger partial charge in [-0.25, -0.2) is 14.8 Å². The van der Waals surface area contributed by atoms with Crippen LogP contribution in [0, 0.1) is 6.92 Å². The third kappa shape index (κ3) is 3.96. The number of rotatable bonds is 5. The fourth-order valence-electron chi connectivity index (χ4n) is 3.64. The van der Waals surface area contributed by atoms with Crippen LogP contribution in [0.4, 0.5) is 10.7 Å². The van der Waals surface area contributed by atoms with Crippen LogP contribution in [0.15, 0.2) is 60.8 Å². The highest BCUT2D eigenvalue weighted by Gasteiger charge is 2.28. The summed E-state index contributed by atoms with van der Waals surface area (Å²) in [7, 11) is 0. The standard InChI is InChI=1S/C23H22N4O2/c1-15-16(13-26-22(24)27-15)7-6-12-25-23(28)29-14-21-19-10-4-2-8-17(19)18-9-3-5-11-20(18)21/h2-11,13,21H,12,14H2,1H3,(H,25,28)(H2,24,26,27). The third-order valence-electron chi connectivity index (χ3n) is 5.04. The molecule has 146 valence electrons. The third-order valence-corrected chi connectivity index (χ3v) is 5.04. The zero-order chi connectivity index (χ0) is 20.2. The molecule has 0 spiro atoms. The van der Waals surface area contributed by atoms with Crippen molar-refractivity contribution in [2.45, 2.75) is 12.8 Å². The second-order valence-corrected chi connectivity index (χ2v) is 6.88. The topological polar surface area (TPSA) is 90.1 Å². The lowest BCUT2D eigenvalue weighted by atomic mass is 9.98. The van der Waals surface area contributed by atoms with Gasteiger partial charge in [0.25, 0.3) is 0 Å². The Hall–Kier alpha value is -3.67. The number of nitrogens with two attached hydrogens (primary N) is 1. The number of alkyl carbamates (subject to hydrolysis) is 1. The van der Waals surface area contributed by atoms with Crippen LogP contribution in [-0.4, -0.2) is 29.2 Å². The van der Waals surface area contributed by atoms with Crippen molar-refractivity contribution in [3.05, 3.63) is 83.2 Å². The quantitative estimate of drug-likeness (QED) is 0.694. The van der Waals surface area contributed by atoms with Crippen LogP contribution in [0.2, 0.25) is 0 Å². The summed E-state index contributed by atoms with van der Waals surface area (Å²) in [4.78, 5) is 20.2. The van der Waals surface area contributed by atoms with E-state index in [0.717, 1.165) is 11.3 Å². The summed E-state index contributed by atoms with van der Waals surface area (Å²) in [5.74, 6) is 0.301. The van der Waals surface area contributed by atoms with Crippen LogP contribution in [0.3, 0.4) is 0 Å². The minimum atomic E-state index is -0.443. The van der Waals surface area contributed by atoms with Crippen LogP contribution < -0.4 is 11.1 Å². The van der Waals surface area contributed by atoms with Crippen LogP contribution in [0.1, 0.15) is 28.3 Å². The van der Waals surface area contributed by atoms with Gasteiger partial charge < -0.3 is 15.8 Å². The number of carbonyl (C=O) groups is 1. The van der Waals surface area contributed by atoms with Crippen molar-refractivity contribution >= 4 is 18.1 Å². The van der Waals surface area contributed by atoms with E-state index in [9.17, 15) is 4.79 Å². The monoisotopic (exact) mass is 386 g/mol. The number of fused-ring (bicyclic) bond motifs is 3. The molecular formula is C23H22N4O2. The predicted octanol–water partition coefficient (Wildman–Crippen LogP) is 3.92. The lowest BCUT2D eigenvalue weighted by molar-refractivity contribution is 0.144. The summed E-state index contributed by atoms with van der Waals surface area (Å²) in [6, 6.07) is 16.5. The summed E-state index contributed by atoms with van der Waals surface area (Å²) < 4.78 is 5.51. The van der Waals surface area contributed by atoms with E-state index in [4.69, 9.17) is 10.5 Å². The molecule has 0 saturated carbocycles. The Morgan fingerprint density at radius 1 is 1.14 bits per heavy atom. The number of nitrogens with one attached hydrogen (secondary N) is 1. The van der Waals surface area contributed by atoms with Crippen LogP contribution in [0.5, 0.6) is 0 Å². The second kappa shape index (κ2) is 8.14. The fraction of sp³-hybridized carbons (Fsp3) is 0.174. The van der Waals surface area contributed by atoms with Gasteiger partial charge in [0.1, 0.15) is 6.61 Å². The van der Waals surface area contributed by atoms with Crippen LogP contribution in [-0.2, 0) is 4.74 Å². The molecule has 0 saturated heterocycles. The summed E-state index contributed by atoms with van der Waals surface area (Å²) in [6.07, 6.45) is 4.88. The Kier molecular flexibility index (Phi) is 5.24. The molecule has 0 unspecified atom stereocenters. The van der Waals surface area contributed by atoms with Crippen LogP contribution >= 0.6 is 0 Å². The minimum absolute atomic E-state index is 0.0540. The van der Waals surface area contributed by atoms with Gasteiger partial charge in [0.2, 0.25) is 5.95 Å². The van der Waals surface area contributed by atoms with Gasteiger partial charge in [-0.3, -0.25) is 0 Å². The Morgan fingerprint density at radius 2 is 1.79 bits per heavy atom. The number of amides is 1. The van der Waals surface area contributed by atoms with Gasteiger partial charge in [-0.15, -0.1) is 0 Å². The highest BCUT2D eigenvalue weighted by molar-refractivity contribution is 5.79. The molecule has 0 atom stereocenters. The lowest BCUT2D eigenvalue weighted by Gasteiger charge is -2.14. The zero-order valence-corrected chi connectivity index (χ0v) is 16.1. The Labute approximate surface area is 169 Å². The average Bonchev–Trinajstić information content (AvgIpc) is 3.05. The second-order valence-electron chi connectivity index (χ2n) is 6.88. The molecule has 1 aliphatic rings. The number of carbonyl (C=O) groups excluding carboxylic acids is 1.